The number of benzene rings is 2. The van der Waals surface area contributed by atoms with Gasteiger partial charge in [0.1, 0.15) is 11.5 Å². The molecule has 3 nitrogen and oxygen atoms in total. The Morgan fingerprint density at radius 3 is 2.58 bits per heavy atom. The fourth-order valence-corrected chi connectivity index (χ4v) is 1.88. The minimum Gasteiger partial charge on any atom is -0.508 e. The highest BCUT2D eigenvalue weighted by Crippen LogP contribution is 2.35. The Hall–Kier alpha value is -2.16. The van der Waals surface area contributed by atoms with Gasteiger partial charge in [-0.05, 0) is 36.6 Å². The summed E-state index contributed by atoms with van der Waals surface area (Å²) in [6.07, 6.45) is 3.14. The van der Waals surface area contributed by atoms with Crippen LogP contribution in [-0.4, -0.2) is 10.2 Å². The Balaban J connectivity index is 2.25. The molecule has 0 fully saturated rings. The molecule has 0 amide bonds. The van der Waals surface area contributed by atoms with E-state index in [0.29, 0.717) is 0 Å². The highest BCUT2D eigenvalue weighted by atomic mass is 16.5. The van der Waals surface area contributed by atoms with E-state index in [0.717, 1.165) is 30.6 Å². The average molecular weight is 258 g/mol. The zero-order valence-electron chi connectivity index (χ0n) is 11.0. The van der Waals surface area contributed by atoms with Crippen LogP contribution >= 0.6 is 0 Å². The lowest BCUT2D eigenvalue weighted by atomic mass is 10.1. The molecule has 2 aromatic carbocycles. The first kappa shape index (κ1) is 13.3. The van der Waals surface area contributed by atoms with E-state index in [9.17, 15) is 10.2 Å². The van der Waals surface area contributed by atoms with Crippen molar-refractivity contribution in [2.45, 2.75) is 26.2 Å². The van der Waals surface area contributed by atoms with Crippen molar-refractivity contribution in [2.24, 2.45) is 0 Å². The largest absolute Gasteiger partial charge is 0.508 e. The third kappa shape index (κ3) is 3.41. The molecule has 0 aromatic heterocycles. The molecule has 0 unspecified atom stereocenters. The molecule has 2 rings (SSSR count). The topological polar surface area (TPSA) is 49.7 Å². The van der Waals surface area contributed by atoms with Crippen molar-refractivity contribution in [3.05, 3.63) is 48.0 Å². The number of hydrogen-bond donors (Lipinski definition) is 2. The molecule has 0 aliphatic heterocycles. The lowest BCUT2D eigenvalue weighted by molar-refractivity contribution is 0.401. The Morgan fingerprint density at radius 2 is 1.79 bits per heavy atom. The van der Waals surface area contributed by atoms with Gasteiger partial charge in [-0.2, -0.15) is 0 Å². The van der Waals surface area contributed by atoms with Crippen LogP contribution in [0.3, 0.4) is 0 Å². The third-order valence-electron chi connectivity index (χ3n) is 2.94. The molecule has 0 heterocycles. The predicted molar refractivity (Wildman–Crippen MR) is 74.9 cm³/mol. The van der Waals surface area contributed by atoms with Gasteiger partial charge in [-0.25, -0.2) is 0 Å². The number of rotatable bonds is 5. The first-order valence-electron chi connectivity index (χ1n) is 6.48. The number of aryl methyl sites for hydroxylation is 1. The van der Waals surface area contributed by atoms with Gasteiger partial charge in [0.05, 0.1) is 0 Å². The van der Waals surface area contributed by atoms with Gasteiger partial charge in [-0.3, -0.25) is 0 Å². The van der Waals surface area contributed by atoms with E-state index in [4.69, 9.17) is 4.74 Å². The summed E-state index contributed by atoms with van der Waals surface area (Å²) in [6.45, 7) is 2.14. The number of unbranched alkanes of at least 4 members (excludes halogenated alkanes) is 1. The smallest absolute Gasteiger partial charge is 0.172 e. The van der Waals surface area contributed by atoms with E-state index in [1.54, 1.807) is 0 Å². The lowest BCUT2D eigenvalue weighted by Gasteiger charge is -2.12. The Bertz CT molecular complexity index is 549. The molecule has 0 aliphatic rings. The van der Waals surface area contributed by atoms with Gasteiger partial charge in [-0.1, -0.05) is 31.5 Å². The molecule has 100 valence electrons. The number of ether oxygens (including phenoxy) is 1. The van der Waals surface area contributed by atoms with Crippen molar-refractivity contribution in [2.75, 3.05) is 0 Å². The van der Waals surface area contributed by atoms with Gasteiger partial charge in [0.25, 0.3) is 0 Å². The predicted octanol–water partition coefficient (Wildman–Crippen LogP) is 4.23. The van der Waals surface area contributed by atoms with Crippen LogP contribution in [0, 0.1) is 0 Å². The van der Waals surface area contributed by atoms with Crippen LogP contribution in [0.1, 0.15) is 25.3 Å². The van der Waals surface area contributed by atoms with Gasteiger partial charge < -0.3 is 14.9 Å². The molecule has 0 aliphatic carbocycles. The highest BCUT2D eigenvalue weighted by Gasteiger charge is 2.08. The number of hydrogen-bond acceptors (Lipinski definition) is 3. The molecule has 3 heteroatoms. The summed E-state index contributed by atoms with van der Waals surface area (Å²) in [6, 6.07) is 12.0. The summed E-state index contributed by atoms with van der Waals surface area (Å²) in [5.41, 5.74) is 1.10. The van der Waals surface area contributed by atoms with E-state index in [1.807, 2.05) is 24.3 Å². The summed E-state index contributed by atoms with van der Waals surface area (Å²) in [7, 11) is 0. The summed E-state index contributed by atoms with van der Waals surface area (Å²) < 4.78 is 5.71. The molecule has 2 aromatic rings. The molecular formula is C16H18O3. The second kappa shape index (κ2) is 6.14. The first-order valence-corrected chi connectivity index (χ1v) is 6.48. The molecule has 0 radical (unpaired) electrons. The van der Waals surface area contributed by atoms with E-state index >= 15 is 0 Å². The molecule has 2 N–H and O–H groups in total. The summed E-state index contributed by atoms with van der Waals surface area (Å²) in [5.74, 6) is 1.07. The van der Waals surface area contributed by atoms with E-state index < -0.39 is 0 Å². The summed E-state index contributed by atoms with van der Waals surface area (Å²) in [4.78, 5) is 0. The molecule has 0 atom stereocenters. The Kier molecular flexibility index (Phi) is 4.29. The maximum Gasteiger partial charge on any atom is 0.172 e. The Morgan fingerprint density at radius 1 is 1.00 bits per heavy atom. The van der Waals surface area contributed by atoms with Crippen molar-refractivity contribution in [1.29, 1.82) is 0 Å². The summed E-state index contributed by atoms with van der Waals surface area (Å²) >= 11 is 0. The standard InChI is InChI=1S/C16H18O3/c1-2-3-6-12-7-4-5-8-15(12)19-16-11-13(17)9-10-14(16)18/h4-5,7-11,17-18H,2-3,6H2,1H3. The number of phenolic OH excluding ortho intramolecular Hbond substituents is 2. The zero-order chi connectivity index (χ0) is 13.7. The lowest BCUT2D eigenvalue weighted by Crippen LogP contribution is -1.92. The zero-order valence-corrected chi connectivity index (χ0v) is 11.0. The molecular weight excluding hydrogens is 240 g/mol. The van der Waals surface area contributed by atoms with Crippen molar-refractivity contribution < 1.29 is 14.9 Å². The number of para-hydroxylation sites is 1. The summed E-state index contributed by atoms with van der Waals surface area (Å²) in [5, 5.41) is 19.2. The van der Waals surface area contributed by atoms with Crippen molar-refractivity contribution in [3.63, 3.8) is 0 Å². The van der Waals surface area contributed by atoms with E-state index in [2.05, 4.69) is 6.92 Å². The fourth-order valence-electron chi connectivity index (χ4n) is 1.88. The van der Waals surface area contributed by atoms with Gasteiger partial charge >= 0.3 is 0 Å². The minimum atomic E-state index is 0.0168. The molecule has 0 bridgehead atoms. The minimum absolute atomic E-state index is 0.0168. The third-order valence-corrected chi connectivity index (χ3v) is 2.94. The van der Waals surface area contributed by atoms with Gasteiger partial charge in [-0.15, -0.1) is 0 Å². The van der Waals surface area contributed by atoms with Crippen LogP contribution in [0.5, 0.6) is 23.0 Å². The molecule has 19 heavy (non-hydrogen) atoms. The van der Waals surface area contributed by atoms with E-state index in [1.165, 1.54) is 18.2 Å². The fraction of sp³-hybridized carbons (Fsp3) is 0.250. The van der Waals surface area contributed by atoms with Crippen molar-refractivity contribution in [1.82, 2.24) is 0 Å². The maximum absolute atomic E-state index is 9.73. The second-order valence-corrected chi connectivity index (χ2v) is 4.47. The number of phenols is 2. The van der Waals surface area contributed by atoms with Crippen molar-refractivity contribution >= 4 is 0 Å². The van der Waals surface area contributed by atoms with Gasteiger partial charge in [0, 0.05) is 6.07 Å². The van der Waals surface area contributed by atoms with Crippen LogP contribution in [-0.2, 0) is 6.42 Å². The quantitative estimate of drug-likeness (QED) is 0.789. The number of aromatic hydroxyl groups is 2. The highest BCUT2D eigenvalue weighted by molar-refractivity contribution is 5.47. The average Bonchev–Trinajstić information content (AvgIpc) is 2.42. The SMILES string of the molecule is CCCCc1ccccc1Oc1cc(O)ccc1O. The van der Waals surface area contributed by atoms with Crippen LogP contribution in [0.25, 0.3) is 0 Å². The van der Waals surface area contributed by atoms with Crippen LogP contribution in [0.15, 0.2) is 42.5 Å². The van der Waals surface area contributed by atoms with Crippen molar-refractivity contribution in [3.8, 4) is 23.0 Å². The maximum atomic E-state index is 9.73. The van der Waals surface area contributed by atoms with Crippen LogP contribution in [0.4, 0.5) is 0 Å². The first-order chi connectivity index (χ1) is 9.20. The van der Waals surface area contributed by atoms with Gasteiger partial charge in [0.15, 0.2) is 11.5 Å². The second-order valence-electron chi connectivity index (χ2n) is 4.47. The molecule has 0 saturated heterocycles. The molecule has 0 saturated carbocycles. The monoisotopic (exact) mass is 258 g/mol. The van der Waals surface area contributed by atoms with Crippen LogP contribution < -0.4 is 4.74 Å². The van der Waals surface area contributed by atoms with Gasteiger partial charge in [0.2, 0.25) is 0 Å². The van der Waals surface area contributed by atoms with E-state index in [-0.39, 0.29) is 17.2 Å². The Labute approximate surface area is 113 Å². The molecule has 0 spiro atoms. The van der Waals surface area contributed by atoms with Crippen LogP contribution in [0.2, 0.25) is 0 Å². The normalized spacial score (nSPS) is 10.4.